The van der Waals surface area contributed by atoms with Gasteiger partial charge in [-0.3, -0.25) is 4.72 Å². The number of halogens is 2. The minimum absolute atomic E-state index is 0.268. The van der Waals surface area contributed by atoms with Crippen LogP contribution in [0.2, 0.25) is 5.02 Å². The molecule has 0 bridgehead atoms. The van der Waals surface area contributed by atoms with Crippen LogP contribution in [0.4, 0.5) is 10.1 Å². The molecule has 0 fully saturated rings. The first kappa shape index (κ1) is 15.3. The Hall–Kier alpha value is -2.12. The van der Waals surface area contributed by atoms with Gasteiger partial charge in [-0.05, 0) is 24.3 Å². The number of sulfonamides is 1. The summed E-state index contributed by atoms with van der Waals surface area (Å²) >= 11 is 5.50. The van der Waals surface area contributed by atoms with E-state index in [0.717, 1.165) is 6.07 Å². The summed E-state index contributed by atoms with van der Waals surface area (Å²) in [5, 5.41) is 8.27. The molecule has 0 amide bonds. The highest BCUT2D eigenvalue weighted by Gasteiger charge is 2.21. The Kier molecular flexibility index (Phi) is 4.15. The van der Waals surface area contributed by atoms with E-state index in [1.807, 2.05) is 0 Å². The predicted octanol–water partition coefficient (Wildman–Crippen LogP) is 2.98. The number of hydrogen-bond acceptors (Lipinski definition) is 3. The predicted molar refractivity (Wildman–Crippen MR) is 75.6 cm³/mol. The summed E-state index contributed by atoms with van der Waals surface area (Å²) < 4.78 is 40.1. The van der Waals surface area contributed by atoms with Crippen LogP contribution in [-0.2, 0) is 10.0 Å². The molecule has 2 rings (SSSR count). The largest absolute Gasteiger partial charge is 0.478 e. The van der Waals surface area contributed by atoms with Gasteiger partial charge < -0.3 is 5.11 Å². The molecule has 0 spiro atoms. The van der Waals surface area contributed by atoms with Crippen molar-refractivity contribution >= 4 is 33.3 Å². The normalized spacial score (nSPS) is 11.1. The van der Waals surface area contributed by atoms with Crippen LogP contribution in [0.15, 0.2) is 47.4 Å². The molecule has 0 aliphatic heterocycles. The van der Waals surface area contributed by atoms with Crippen LogP contribution in [-0.4, -0.2) is 19.5 Å². The van der Waals surface area contributed by atoms with Crippen LogP contribution >= 0.6 is 11.6 Å². The number of rotatable bonds is 4. The second-order valence-electron chi connectivity index (χ2n) is 4.04. The third-order valence-electron chi connectivity index (χ3n) is 2.57. The third kappa shape index (κ3) is 3.32. The summed E-state index contributed by atoms with van der Waals surface area (Å²) in [7, 11) is -4.12. The Bertz CT molecular complexity index is 793. The maximum atomic E-state index is 13.6. The summed E-state index contributed by atoms with van der Waals surface area (Å²) in [6.07, 6.45) is 0. The van der Waals surface area contributed by atoms with Gasteiger partial charge in [0.05, 0.1) is 15.5 Å². The number of aromatic carboxylic acids is 1. The molecule has 2 N–H and O–H groups in total. The number of carbonyl (C=O) groups is 1. The Balaban J connectivity index is 2.48. The zero-order valence-corrected chi connectivity index (χ0v) is 12.0. The molecule has 5 nitrogen and oxygen atoms in total. The molecule has 0 aliphatic carbocycles. The first-order valence-corrected chi connectivity index (χ1v) is 7.47. The standard InChI is InChI=1S/C13H9ClFNO4S/c14-12-10(13(17)18)6-9(7-11(12)15)21(19,20)16-8-4-2-1-3-5-8/h1-7,16H,(H,17,18). The SMILES string of the molecule is O=C(O)c1cc(S(=O)(=O)Nc2ccccc2)cc(F)c1Cl. The highest BCUT2D eigenvalue weighted by Crippen LogP contribution is 2.25. The quantitative estimate of drug-likeness (QED) is 0.903. The van der Waals surface area contributed by atoms with Gasteiger partial charge in [-0.2, -0.15) is 0 Å². The van der Waals surface area contributed by atoms with E-state index < -0.39 is 37.3 Å². The number of anilines is 1. The number of para-hydroxylation sites is 1. The van der Waals surface area contributed by atoms with Crippen molar-refractivity contribution in [2.24, 2.45) is 0 Å². The number of nitrogens with one attached hydrogen (secondary N) is 1. The second-order valence-corrected chi connectivity index (χ2v) is 6.10. The van der Waals surface area contributed by atoms with Crippen LogP contribution in [0.1, 0.15) is 10.4 Å². The van der Waals surface area contributed by atoms with Gasteiger partial charge in [0.15, 0.2) is 0 Å². The summed E-state index contributed by atoms with van der Waals surface area (Å²) in [6.45, 7) is 0. The van der Waals surface area contributed by atoms with Crippen molar-refractivity contribution in [1.82, 2.24) is 0 Å². The Morgan fingerprint density at radius 3 is 2.38 bits per heavy atom. The second kappa shape index (κ2) is 5.71. The van der Waals surface area contributed by atoms with Gasteiger partial charge in [-0.25, -0.2) is 17.6 Å². The first-order valence-electron chi connectivity index (χ1n) is 5.61. The summed E-state index contributed by atoms with van der Waals surface area (Å²) in [6, 6.07) is 9.40. The highest BCUT2D eigenvalue weighted by molar-refractivity contribution is 7.92. The Morgan fingerprint density at radius 1 is 1.19 bits per heavy atom. The monoisotopic (exact) mass is 329 g/mol. The van der Waals surface area contributed by atoms with Gasteiger partial charge in [0.25, 0.3) is 10.0 Å². The molecule has 0 heterocycles. The fourth-order valence-electron chi connectivity index (χ4n) is 1.60. The molecule has 0 saturated carbocycles. The fourth-order valence-corrected chi connectivity index (χ4v) is 2.88. The summed E-state index contributed by atoms with van der Waals surface area (Å²) in [4.78, 5) is 10.4. The highest BCUT2D eigenvalue weighted by atomic mass is 35.5. The smallest absolute Gasteiger partial charge is 0.337 e. The van der Waals surface area contributed by atoms with E-state index in [1.54, 1.807) is 18.2 Å². The van der Waals surface area contributed by atoms with Crippen molar-refractivity contribution in [3.05, 3.63) is 58.9 Å². The van der Waals surface area contributed by atoms with Gasteiger partial charge >= 0.3 is 5.97 Å². The summed E-state index contributed by atoms with van der Waals surface area (Å²) in [5.41, 5.74) is -0.352. The maximum absolute atomic E-state index is 13.6. The molecular formula is C13H9ClFNO4S. The number of carboxylic acid groups (broad SMARTS) is 1. The third-order valence-corrected chi connectivity index (χ3v) is 4.31. The van der Waals surface area contributed by atoms with Crippen LogP contribution in [0, 0.1) is 5.82 Å². The molecule has 0 saturated heterocycles. The van der Waals surface area contributed by atoms with Crippen molar-refractivity contribution in [3.63, 3.8) is 0 Å². The lowest BCUT2D eigenvalue weighted by Crippen LogP contribution is -2.14. The molecule has 8 heteroatoms. The van der Waals surface area contributed by atoms with Crippen molar-refractivity contribution in [2.75, 3.05) is 4.72 Å². The van der Waals surface area contributed by atoms with Crippen molar-refractivity contribution < 1.29 is 22.7 Å². The van der Waals surface area contributed by atoms with Crippen LogP contribution in [0.3, 0.4) is 0 Å². The van der Waals surface area contributed by atoms with E-state index >= 15 is 0 Å². The van der Waals surface area contributed by atoms with Crippen molar-refractivity contribution in [1.29, 1.82) is 0 Å². The molecule has 0 unspecified atom stereocenters. The molecule has 0 radical (unpaired) electrons. The average molecular weight is 330 g/mol. The van der Waals surface area contributed by atoms with E-state index in [-0.39, 0.29) is 5.69 Å². The first-order chi connectivity index (χ1) is 9.81. The lowest BCUT2D eigenvalue weighted by molar-refractivity contribution is 0.0696. The fraction of sp³-hybridized carbons (Fsp3) is 0. The van der Waals surface area contributed by atoms with E-state index in [9.17, 15) is 17.6 Å². The number of carboxylic acids is 1. The molecular weight excluding hydrogens is 321 g/mol. The lowest BCUT2D eigenvalue weighted by Gasteiger charge is -2.10. The summed E-state index contributed by atoms with van der Waals surface area (Å²) in [5.74, 6) is -2.64. The van der Waals surface area contributed by atoms with E-state index in [4.69, 9.17) is 16.7 Å². The average Bonchev–Trinajstić information content (AvgIpc) is 2.41. The van der Waals surface area contributed by atoms with Crippen LogP contribution < -0.4 is 4.72 Å². The molecule has 0 aliphatic rings. The van der Waals surface area contributed by atoms with Crippen LogP contribution in [0.5, 0.6) is 0 Å². The minimum atomic E-state index is -4.12. The zero-order valence-electron chi connectivity index (χ0n) is 10.4. The molecule has 2 aromatic rings. The van der Waals surface area contributed by atoms with Gasteiger partial charge in [0, 0.05) is 5.69 Å². The molecule has 2 aromatic carbocycles. The van der Waals surface area contributed by atoms with E-state index in [0.29, 0.717) is 6.07 Å². The molecule has 110 valence electrons. The lowest BCUT2D eigenvalue weighted by atomic mass is 10.2. The zero-order chi connectivity index (χ0) is 15.6. The van der Waals surface area contributed by atoms with Gasteiger partial charge in [0.2, 0.25) is 0 Å². The number of benzene rings is 2. The maximum Gasteiger partial charge on any atom is 0.337 e. The Morgan fingerprint density at radius 2 is 1.81 bits per heavy atom. The van der Waals surface area contributed by atoms with Crippen molar-refractivity contribution in [2.45, 2.75) is 4.90 Å². The van der Waals surface area contributed by atoms with Gasteiger partial charge in [0.1, 0.15) is 5.82 Å². The molecule has 0 atom stereocenters. The number of hydrogen-bond donors (Lipinski definition) is 2. The molecule has 21 heavy (non-hydrogen) atoms. The topological polar surface area (TPSA) is 83.5 Å². The Labute approximate surface area is 125 Å². The van der Waals surface area contributed by atoms with Crippen molar-refractivity contribution in [3.8, 4) is 0 Å². The van der Waals surface area contributed by atoms with Gasteiger partial charge in [-0.15, -0.1) is 0 Å². The molecule has 0 aromatic heterocycles. The van der Waals surface area contributed by atoms with E-state index in [2.05, 4.69) is 4.72 Å². The van der Waals surface area contributed by atoms with E-state index in [1.165, 1.54) is 12.1 Å². The minimum Gasteiger partial charge on any atom is -0.478 e. The van der Waals surface area contributed by atoms with Gasteiger partial charge in [-0.1, -0.05) is 29.8 Å². The van der Waals surface area contributed by atoms with Crippen LogP contribution in [0.25, 0.3) is 0 Å².